The molecular weight excluding hydrogens is 296 g/mol. The second-order valence-electron chi connectivity index (χ2n) is 5.62. The largest absolute Gasteiger partial charge is 0.464 e. The smallest absolute Gasteiger partial charge is 0.331 e. The number of hydrogen-bond donors (Lipinski definition) is 0. The van der Waals surface area contributed by atoms with E-state index in [1.807, 2.05) is 42.2 Å². The van der Waals surface area contributed by atoms with E-state index in [2.05, 4.69) is 25.7 Å². The maximum atomic E-state index is 12.6. The van der Waals surface area contributed by atoms with Crippen LogP contribution in [0.3, 0.4) is 0 Å². The molecule has 120 valence electrons. The van der Waals surface area contributed by atoms with Crippen LogP contribution in [0.4, 0.5) is 0 Å². The minimum absolute atomic E-state index is 0.0971. The Hall–Kier alpha value is -1.62. The van der Waals surface area contributed by atoms with Crippen LogP contribution in [-0.2, 0) is 9.53 Å². The Morgan fingerprint density at radius 3 is 2.41 bits per heavy atom. The number of carbonyl (C=O) groups excluding carboxylic acids is 1. The minimum Gasteiger partial charge on any atom is -0.464 e. The summed E-state index contributed by atoms with van der Waals surface area (Å²) in [5.74, 6) is -0.205. The van der Waals surface area contributed by atoms with Gasteiger partial charge in [0.15, 0.2) is 11.2 Å². The van der Waals surface area contributed by atoms with Crippen molar-refractivity contribution in [2.24, 2.45) is 0 Å². The highest BCUT2D eigenvalue weighted by Crippen LogP contribution is 2.37. The Balaban J connectivity index is 2.49. The van der Waals surface area contributed by atoms with E-state index in [1.165, 1.54) is 0 Å². The van der Waals surface area contributed by atoms with Gasteiger partial charge in [-0.3, -0.25) is 0 Å². The van der Waals surface area contributed by atoms with E-state index < -0.39 is 6.04 Å². The van der Waals surface area contributed by atoms with Gasteiger partial charge in [-0.1, -0.05) is 30.3 Å². The number of carbonyl (C=O) groups is 1. The van der Waals surface area contributed by atoms with Gasteiger partial charge >= 0.3 is 5.97 Å². The number of thiocarbonyl (C=S) groups is 1. The van der Waals surface area contributed by atoms with Crippen LogP contribution >= 0.6 is 12.2 Å². The molecule has 0 saturated carbocycles. The number of esters is 1. The molecule has 0 aliphatic carbocycles. The third-order valence-corrected chi connectivity index (χ3v) is 4.41. The summed E-state index contributed by atoms with van der Waals surface area (Å²) in [5, 5.41) is 0.726. The molecule has 0 N–H and O–H groups in total. The van der Waals surface area contributed by atoms with Crippen molar-refractivity contribution in [3.8, 4) is 0 Å². The van der Waals surface area contributed by atoms with Crippen LogP contribution in [0.5, 0.6) is 0 Å². The van der Waals surface area contributed by atoms with Crippen LogP contribution in [0.2, 0.25) is 0 Å². The topological polar surface area (TPSA) is 32.8 Å². The quantitative estimate of drug-likeness (QED) is 0.615. The summed E-state index contributed by atoms with van der Waals surface area (Å²) >= 11 is 5.64. The zero-order valence-corrected chi connectivity index (χ0v) is 14.5. The molecule has 0 spiro atoms. The first-order valence-electron chi connectivity index (χ1n) is 7.83. The average Bonchev–Trinajstić information content (AvgIpc) is 2.81. The van der Waals surface area contributed by atoms with E-state index in [-0.39, 0.29) is 18.1 Å². The van der Waals surface area contributed by atoms with E-state index in [9.17, 15) is 4.79 Å². The summed E-state index contributed by atoms with van der Waals surface area (Å²) in [4.78, 5) is 16.7. The van der Waals surface area contributed by atoms with Gasteiger partial charge in [0.05, 0.1) is 12.6 Å². The number of likely N-dealkylation sites (N-methyl/N-ethyl adjacent to an activating group) is 1. The highest BCUT2D eigenvalue weighted by atomic mass is 32.1. The lowest BCUT2D eigenvalue weighted by molar-refractivity contribution is -0.149. The van der Waals surface area contributed by atoms with E-state index in [4.69, 9.17) is 17.0 Å². The molecule has 1 aliphatic heterocycles. The Morgan fingerprint density at radius 2 is 1.91 bits per heavy atom. The van der Waals surface area contributed by atoms with Gasteiger partial charge < -0.3 is 14.5 Å². The summed E-state index contributed by atoms with van der Waals surface area (Å²) in [6.45, 7) is 9.15. The highest BCUT2D eigenvalue weighted by molar-refractivity contribution is 7.80. The molecule has 4 nitrogen and oxygen atoms in total. The zero-order chi connectivity index (χ0) is 16.3. The van der Waals surface area contributed by atoms with Crippen molar-refractivity contribution in [2.75, 3.05) is 13.2 Å². The SMILES string of the molecule is CCOC(=O)[C@@H]1[C@@H](c2ccccc2)N(CC)C(=S)N1C(C)C. The summed E-state index contributed by atoms with van der Waals surface area (Å²) in [7, 11) is 0. The molecule has 2 rings (SSSR count). The fourth-order valence-electron chi connectivity index (χ4n) is 3.07. The Bertz CT molecular complexity index is 533. The molecule has 1 saturated heterocycles. The van der Waals surface area contributed by atoms with E-state index in [0.717, 1.165) is 17.2 Å². The van der Waals surface area contributed by atoms with Gasteiger partial charge in [-0.2, -0.15) is 0 Å². The standard InChI is InChI=1S/C17H24N2O2S/c1-5-18-14(13-10-8-7-9-11-13)15(16(20)21-6-2)19(12(3)4)17(18)22/h7-12,14-15H,5-6H2,1-4H3/t14-,15+/m1/s1. The van der Waals surface area contributed by atoms with Crippen LogP contribution in [-0.4, -0.2) is 46.1 Å². The van der Waals surface area contributed by atoms with Crippen LogP contribution in [0.15, 0.2) is 30.3 Å². The first-order valence-corrected chi connectivity index (χ1v) is 8.24. The molecule has 0 bridgehead atoms. The van der Waals surface area contributed by atoms with Gasteiger partial charge in [0, 0.05) is 12.6 Å². The molecule has 1 aromatic carbocycles. The van der Waals surface area contributed by atoms with Gasteiger partial charge in [0.1, 0.15) is 0 Å². The molecule has 0 radical (unpaired) electrons. The molecular formula is C17H24N2O2S. The van der Waals surface area contributed by atoms with Crippen molar-refractivity contribution >= 4 is 23.3 Å². The summed E-state index contributed by atoms with van der Waals surface area (Å²) in [5.41, 5.74) is 1.09. The van der Waals surface area contributed by atoms with Crippen molar-refractivity contribution < 1.29 is 9.53 Å². The van der Waals surface area contributed by atoms with Crippen molar-refractivity contribution in [3.63, 3.8) is 0 Å². The second-order valence-corrected chi connectivity index (χ2v) is 5.99. The van der Waals surface area contributed by atoms with E-state index in [1.54, 1.807) is 0 Å². The van der Waals surface area contributed by atoms with Gasteiger partial charge in [-0.25, -0.2) is 4.79 Å². The van der Waals surface area contributed by atoms with Gasteiger partial charge in [-0.15, -0.1) is 0 Å². The lowest BCUT2D eigenvalue weighted by Crippen LogP contribution is -2.45. The first kappa shape index (κ1) is 16.7. The molecule has 0 amide bonds. The predicted octanol–water partition coefficient (Wildman–Crippen LogP) is 2.99. The first-order chi connectivity index (χ1) is 10.5. The number of ether oxygens (including phenoxy) is 1. The molecule has 5 heteroatoms. The Kier molecular flexibility index (Phi) is 5.40. The number of nitrogens with zero attached hydrogens (tertiary/aromatic N) is 2. The van der Waals surface area contributed by atoms with Gasteiger partial charge in [0.2, 0.25) is 0 Å². The zero-order valence-electron chi connectivity index (χ0n) is 13.7. The number of rotatable bonds is 5. The monoisotopic (exact) mass is 320 g/mol. The molecule has 0 unspecified atom stereocenters. The number of benzene rings is 1. The maximum Gasteiger partial charge on any atom is 0.331 e. The van der Waals surface area contributed by atoms with Crippen molar-refractivity contribution in [1.82, 2.24) is 9.80 Å². The summed E-state index contributed by atoms with van der Waals surface area (Å²) in [6, 6.07) is 9.71. The van der Waals surface area contributed by atoms with Crippen molar-refractivity contribution in [2.45, 2.75) is 45.8 Å². The molecule has 1 aromatic rings. The lowest BCUT2D eigenvalue weighted by atomic mass is 9.98. The van der Waals surface area contributed by atoms with Crippen LogP contribution in [0.25, 0.3) is 0 Å². The van der Waals surface area contributed by atoms with Crippen LogP contribution < -0.4 is 0 Å². The van der Waals surface area contributed by atoms with Gasteiger partial charge in [-0.05, 0) is 45.5 Å². The van der Waals surface area contributed by atoms with Gasteiger partial charge in [0.25, 0.3) is 0 Å². The third kappa shape index (κ3) is 2.95. The van der Waals surface area contributed by atoms with Crippen LogP contribution in [0.1, 0.15) is 39.3 Å². The molecule has 1 aliphatic rings. The summed E-state index contributed by atoms with van der Waals surface area (Å²) in [6.07, 6.45) is 0. The predicted molar refractivity (Wildman–Crippen MR) is 91.6 cm³/mol. The normalized spacial score (nSPS) is 21.6. The minimum atomic E-state index is -0.394. The molecule has 0 aromatic heterocycles. The average molecular weight is 320 g/mol. The molecule has 1 heterocycles. The molecule has 22 heavy (non-hydrogen) atoms. The molecule has 1 fully saturated rings. The fraction of sp³-hybridized carbons (Fsp3) is 0.529. The Morgan fingerprint density at radius 1 is 1.27 bits per heavy atom. The maximum absolute atomic E-state index is 12.6. The van der Waals surface area contributed by atoms with E-state index in [0.29, 0.717) is 6.61 Å². The van der Waals surface area contributed by atoms with Crippen molar-refractivity contribution in [3.05, 3.63) is 35.9 Å². The fourth-order valence-corrected chi connectivity index (χ4v) is 3.63. The molecule has 2 atom stereocenters. The lowest BCUT2D eigenvalue weighted by Gasteiger charge is -2.29. The van der Waals surface area contributed by atoms with Crippen molar-refractivity contribution in [1.29, 1.82) is 0 Å². The van der Waals surface area contributed by atoms with Crippen LogP contribution in [0, 0.1) is 0 Å². The highest BCUT2D eigenvalue weighted by Gasteiger charge is 2.48. The van der Waals surface area contributed by atoms with E-state index >= 15 is 0 Å². The second kappa shape index (κ2) is 7.09. The third-order valence-electron chi connectivity index (χ3n) is 3.97. The number of hydrogen-bond acceptors (Lipinski definition) is 3. The summed E-state index contributed by atoms with van der Waals surface area (Å²) < 4.78 is 5.33. The Labute approximate surface area is 138 Å².